The standard InChI is InChI=1S/C22H15ClN2O4/c23-15-3-5-16(6-4-15)25-19(13-1-7-17(26)8-2-13)18(21(28)22(25)29)20(27)14-9-11-24-12-10-14/h1-12,19,26-27H/b20-18-. The van der Waals surface area contributed by atoms with Crippen molar-refractivity contribution in [2.45, 2.75) is 6.04 Å². The summed E-state index contributed by atoms with van der Waals surface area (Å²) in [5, 5.41) is 21.0. The number of anilines is 1. The smallest absolute Gasteiger partial charge is 0.300 e. The summed E-state index contributed by atoms with van der Waals surface area (Å²) < 4.78 is 0. The van der Waals surface area contributed by atoms with Gasteiger partial charge >= 0.3 is 0 Å². The number of benzene rings is 2. The molecule has 1 aliphatic heterocycles. The fourth-order valence-electron chi connectivity index (χ4n) is 3.34. The molecule has 6 nitrogen and oxygen atoms in total. The number of aromatic hydroxyl groups is 1. The van der Waals surface area contributed by atoms with Crippen LogP contribution in [0.5, 0.6) is 5.75 Å². The number of aliphatic hydroxyl groups excluding tert-OH is 1. The Balaban J connectivity index is 1.94. The molecule has 1 atom stereocenters. The third kappa shape index (κ3) is 3.34. The number of aliphatic hydroxyl groups is 1. The second-order valence-corrected chi connectivity index (χ2v) is 6.91. The highest BCUT2D eigenvalue weighted by atomic mass is 35.5. The number of halogens is 1. The van der Waals surface area contributed by atoms with Crippen LogP contribution in [0, 0.1) is 0 Å². The van der Waals surface area contributed by atoms with Gasteiger partial charge in [-0.1, -0.05) is 23.7 Å². The van der Waals surface area contributed by atoms with Gasteiger partial charge in [0, 0.05) is 28.7 Å². The molecule has 2 aromatic carbocycles. The number of carbonyl (C=O) groups is 2. The Labute approximate surface area is 171 Å². The molecule has 0 spiro atoms. The average molecular weight is 407 g/mol. The van der Waals surface area contributed by atoms with E-state index in [4.69, 9.17) is 11.6 Å². The van der Waals surface area contributed by atoms with Gasteiger partial charge in [-0.05, 0) is 54.1 Å². The second-order valence-electron chi connectivity index (χ2n) is 6.47. The van der Waals surface area contributed by atoms with Crippen molar-refractivity contribution in [3.8, 4) is 5.75 Å². The van der Waals surface area contributed by atoms with Crippen LogP contribution in [0.15, 0.2) is 78.6 Å². The number of hydrogen-bond acceptors (Lipinski definition) is 5. The van der Waals surface area contributed by atoms with Gasteiger partial charge in [-0.15, -0.1) is 0 Å². The van der Waals surface area contributed by atoms with Crippen molar-refractivity contribution in [2.24, 2.45) is 0 Å². The number of nitrogens with zero attached hydrogens (tertiary/aromatic N) is 2. The molecule has 0 bridgehead atoms. The molecule has 1 aromatic heterocycles. The maximum atomic E-state index is 12.9. The summed E-state index contributed by atoms with van der Waals surface area (Å²) in [5.74, 6) is -1.81. The van der Waals surface area contributed by atoms with Crippen LogP contribution in [0.25, 0.3) is 5.76 Å². The van der Waals surface area contributed by atoms with E-state index >= 15 is 0 Å². The summed E-state index contributed by atoms with van der Waals surface area (Å²) >= 11 is 5.96. The first-order valence-corrected chi connectivity index (χ1v) is 9.11. The van der Waals surface area contributed by atoms with Gasteiger partial charge in [0.2, 0.25) is 0 Å². The molecule has 0 aliphatic carbocycles. The number of rotatable bonds is 3. The molecule has 7 heteroatoms. The number of aromatic nitrogens is 1. The molecule has 2 N–H and O–H groups in total. The van der Waals surface area contributed by atoms with Crippen LogP contribution in [-0.4, -0.2) is 26.9 Å². The van der Waals surface area contributed by atoms with Gasteiger partial charge in [-0.3, -0.25) is 19.5 Å². The van der Waals surface area contributed by atoms with Crippen molar-refractivity contribution in [3.63, 3.8) is 0 Å². The Hall–Kier alpha value is -3.64. The van der Waals surface area contributed by atoms with Gasteiger partial charge in [0.05, 0.1) is 11.6 Å². The van der Waals surface area contributed by atoms with E-state index in [1.807, 2.05) is 0 Å². The van der Waals surface area contributed by atoms with Crippen LogP contribution < -0.4 is 4.90 Å². The van der Waals surface area contributed by atoms with Crippen molar-refractivity contribution in [1.82, 2.24) is 4.98 Å². The number of phenolic OH excluding ortho intramolecular Hbond substituents is 1. The zero-order valence-electron chi connectivity index (χ0n) is 15.0. The number of carbonyl (C=O) groups excluding carboxylic acids is 2. The summed E-state index contributed by atoms with van der Waals surface area (Å²) in [6, 6.07) is 14.9. The van der Waals surface area contributed by atoms with Crippen LogP contribution in [0.4, 0.5) is 5.69 Å². The monoisotopic (exact) mass is 406 g/mol. The number of pyridine rings is 1. The molecule has 1 unspecified atom stereocenters. The maximum absolute atomic E-state index is 12.9. The normalized spacial score (nSPS) is 18.2. The van der Waals surface area contributed by atoms with E-state index in [9.17, 15) is 19.8 Å². The molecule has 1 fully saturated rings. The molecule has 3 aromatic rings. The number of ketones is 1. The van der Waals surface area contributed by atoms with Gasteiger partial charge in [0.25, 0.3) is 11.7 Å². The molecule has 0 saturated carbocycles. The van der Waals surface area contributed by atoms with Gasteiger partial charge < -0.3 is 10.2 Å². The number of amides is 1. The van der Waals surface area contributed by atoms with Gasteiger partial charge in [0.1, 0.15) is 11.5 Å². The topological polar surface area (TPSA) is 90.7 Å². The Morgan fingerprint density at radius 1 is 0.931 bits per heavy atom. The summed E-state index contributed by atoms with van der Waals surface area (Å²) in [5.41, 5.74) is 1.36. The number of hydrogen-bond donors (Lipinski definition) is 2. The summed E-state index contributed by atoms with van der Waals surface area (Å²) in [4.78, 5) is 31.1. The van der Waals surface area contributed by atoms with Crippen molar-refractivity contribution in [1.29, 1.82) is 0 Å². The minimum atomic E-state index is -0.870. The second kappa shape index (κ2) is 7.41. The highest BCUT2D eigenvalue weighted by molar-refractivity contribution is 6.51. The van der Waals surface area contributed by atoms with E-state index in [1.165, 1.54) is 29.4 Å². The van der Waals surface area contributed by atoms with Crippen molar-refractivity contribution in [2.75, 3.05) is 4.90 Å². The highest BCUT2D eigenvalue weighted by Gasteiger charge is 2.46. The molecule has 1 aliphatic rings. The van der Waals surface area contributed by atoms with Crippen molar-refractivity contribution < 1.29 is 19.8 Å². The Morgan fingerprint density at radius 2 is 1.55 bits per heavy atom. The fraction of sp³-hybridized carbons (Fsp3) is 0.0455. The molecular weight excluding hydrogens is 392 g/mol. The third-order valence-corrected chi connectivity index (χ3v) is 4.96. The molecule has 1 saturated heterocycles. The van der Waals surface area contributed by atoms with Gasteiger partial charge in [-0.25, -0.2) is 0 Å². The SMILES string of the molecule is O=C1C(=O)N(c2ccc(Cl)cc2)C(c2ccc(O)cc2)/C1=C(/O)c1ccncc1. The van der Waals surface area contributed by atoms with Crippen LogP contribution in [0.2, 0.25) is 5.02 Å². The van der Waals surface area contributed by atoms with Crippen LogP contribution in [0.1, 0.15) is 17.2 Å². The van der Waals surface area contributed by atoms with E-state index in [2.05, 4.69) is 4.98 Å². The van der Waals surface area contributed by atoms with Crippen LogP contribution in [0.3, 0.4) is 0 Å². The third-order valence-electron chi connectivity index (χ3n) is 4.71. The Bertz CT molecular complexity index is 1110. The molecule has 4 rings (SSSR count). The van der Waals surface area contributed by atoms with Gasteiger partial charge in [-0.2, -0.15) is 0 Å². The highest BCUT2D eigenvalue weighted by Crippen LogP contribution is 2.42. The summed E-state index contributed by atoms with van der Waals surface area (Å²) in [6.07, 6.45) is 2.97. The first kappa shape index (κ1) is 18.7. The number of Topliss-reactive ketones (excluding diaryl/α,β-unsaturated/α-hetero) is 1. The maximum Gasteiger partial charge on any atom is 0.300 e. The van der Waals surface area contributed by atoms with Crippen LogP contribution >= 0.6 is 11.6 Å². The Kier molecular flexibility index (Phi) is 4.78. The van der Waals surface area contributed by atoms with E-state index in [-0.39, 0.29) is 17.1 Å². The van der Waals surface area contributed by atoms with E-state index in [1.54, 1.807) is 48.5 Å². The largest absolute Gasteiger partial charge is 0.508 e. The first-order chi connectivity index (χ1) is 14.0. The predicted octanol–water partition coefficient (Wildman–Crippen LogP) is 4.07. The summed E-state index contributed by atoms with van der Waals surface area (Å²) in [7, 11) is 0. The first-order valence-electron chi connectivity index (χ1n) is 8.73. The lowest BCUT2D eigenvalue weighted by molar-refractivity contribution is -0.132. The summed E-state index contributed by atoms with van der Waals surface area (Å²) in [6.45, 7) is 0. The lowest BCUT2D eigenvalue weighted by Crippen LogP contribution is -2.29. The van der Waals surface area contributed by atoms with E-state index < -0.39 is 17.7 Å². The van der Waals surface area contributed by atoms with Crippen molar-refractivity contribution >= 4 is 34.7 Å². The Morgan fingerprint density at radius 3 is 2.17 bits per heavy atom. The zero-order chi connectivity index (χ0) is 20.5. The molecule has 0 radical (unpaired) electrons. The van der Waals surface area contributed by atoms with E-state index in [0.717, 1.165) is 0 Å². The van der Waals surface area contributed by atoms with Gasteiger partial charge in [0.15, 0.2) is 0 Å². The minimum Gasteiger partial charge on any atom is -0.508 e. The lowest BCUT2D eigenvalue weighted by Gasteiger charge is -2.25. The molecule has 144 valence electrons. The molecular formula is C22H15ClN2O4. The lowest BCUT2D eigenvalue weighted by atomic mass is 9.95. The number of phenols is 1. The van der Waals surface area contributed by atoms with Crippen molar-refractivity contribution in [3.05, 3.63) is 94.8 Å². The molecule has 1 amide bonds. The quantitative estimate of drug-likeness (QED) is 0.389. The average Bonchev–Trinajstić information content (AvgIpc) is 3.00. The molecule has 29 heavy (non-hydrogen) atoms. The minimum absolute atomic E-state index is 0.0400. The van der Waals surface area contributed by atoms with Crippen LogP contribution in [-0.2, 0) is 9.59 Å². The predicted molar refractivity (Wildman–Crippen MR) is 109 cm³/mol. The fourth-order valence-corrected chi connectivity index (χ4v) is 3.46. The zero-order valence-corrected chi connectivity index (χ0v) is 15.7. The molecule has 2 heterocycles. The van der Waals surface area contributed by atoms with E-state index in [0.29, 0.717) is 21.8 Å².